The van der Waals surface area contributed by atoms with E-state index in [0.29, 0.717) is 19.4 Å². The largest absolute Gasteiger partial charge is 0.434 e. The highest BCUT2D eigenvalue weighted by Gasteiger charge is 2.57. The van der Waals surface area contributed by atoms with Crippen LogP contribution in [0.25, 0.3) is 0 Å². The molecule has 1 heterocycles. The van der Waals surface area contributed by atoms with E-state index >= 15 is 0 Å². The van der Waals surface area contributed by atoms with Gasteiger partial charge in [0.2, 0.25) is 6.29 Å². The molecule has 0 aromatic heterocycles. The molecule has 216 valence electrons. The molecule has 5 nitrogen and oxygen atoms in total. The number of hydrogen-bond acceptors (Lipinski definition) is 5. The molecule has 1 aliphatic carbocycles. The van der Waals surface area contributed by atoms with Gasteiger partial charge in [0.15, 0.2) is 5.60 Å². The Morgan fingerprint density at radius 2 is 1.70 bits per heavy atom. The Bertz CT molecular complexity index is 1160. The smallest absolute Gasteiger partial charge is 0.341 e. The summed E-state index contributed by atoms with van der Waals surface area (Å²) < 4.78 is 19.4. The Kier molecular flexibility index (Phi) is 9.56. The summed E-state index contributed by atoms with van der Waals surface area (Å²) in [5.74, 6) is -0.571. The molecule has 4 rings (SSSR count). The van der Waals surface area contributed by atoms with Gasteiger partial charge in [-0.15, -0.1) is 0 Å². The van der Waals surface area contributed by atoms with Gasteiger partial charge in [-0.2, -0.15) is 0 Å². The van der Waals surface area contributed by atoms with E-state index in [1.54, 1.807) is 0 Å². The summed E-state index contributed by atoms with van der Waals surface area (Å²) in [5.41, 5.74) is 0.879. The molecule has 4 atom stereocenters. The molecule has 1 fully saturated rings. The summed E-state index contributed by atoms with van der Waals surface area (Å²) in [7, 11) is -2.72. The minimum Gasteiger partial charge on any atom is -0.434 e. The van der Waals surface area contributed by atoms with Gasteiger partial charge in [0, 0.05) is 12.3 Å². The number of rotatable bonds is 10. The van der Waals surface area contributed by atoms with E-state index in [0.717, 1.165) is 24.0 Å². The summed E-state index contributed by atoms with van der Waals surface area (Å²) in [5, 5.41) is 12.2. The van der Waals surface area contributed by atoms with Crippen LogP contribution < -0.4 is 10.4 Å². The van der Waals surface area contributed by atoms with Crippen molar-refractivity contribution in [2.45, 2.75) is 84.2 Å². The number of carbonyl (C=O) groups excluding carboxylic acids is 1. The molecule has 1 aliphatic heterocycles. The zero-order valence-electron chi connectivity index (χ0n) is 25.0. The fourth-order valence-corrected chi connectivity index (χ4v) is 10.8. The number of hydrogen-bond donors (Lipinski definition) is 1. The van der Waals surface area contributed by atoms with Crippen LogP contribution in [0.15, 0.2) is 84.0 Å². The van der Waals surface area contributed by atoms with E-state index in [1.165, 1.54) is 10.4 Å². The molecular weight excluding hydrogens is 516 g/mol. The molecule has 0 unspecified atom stereocenters. The second-order valence-corrected chi connectivity index (χ2v) is 16.8. The van der Waals surface area contributed by atoms with Crippen LogP contribution in [0.5, 0.6) is 0 Å². The third-order valence-electron chi connectivity index (χ3n) is 8.48. The summed E-state index contributed by atoms with van der Waals surface area (Å²) in [6.07, 6.45) is 6.76. The Morgan fingerprint density at radius 3 is 2.23 bits per heavy atom. The van der Waals surface area contributed by atoms with Gasteiger partial charge in [0.1, 0.15) is 0 Å². The molecule has 0 amide bonds. The lowest BCUT2D eigenvalue weighted by atomic mass is 9.71. The van der Waals surface area contributed by atoms with Crippen LogP contribution in [0, 0.1) is 11.8 Å². The number of aliphatic hydroxyl groups is 1. The lowest BCUT2D eigenvalue weighted by Crippen LogP contribution is -2.66. The number of benzene rings is 2. The first-order valence-corrected chi connectivity index (χ1v) is 16.6. The van der Waals surface area contributed by atoms with Crippen LogP contribution in [0.1, 0.15) is 67.2 Å². The highest BCUT2D eigenvalue weighted by molar-refractivity contribution is 6.99. The number of unbranched alkanes of at least 4 members (excludes halogenated alkanes) is 1. The monoisotopic (exact) mass is 562 g/mol. The maximum absolute atomic E-state index is 13.4. The summed E-state index contributed by atoms with van der Waals surface area (Å²) in [6, 6.07) is 21.3. The molecule has 6 heteroatoms. The zero-order chi connectivity index (χ0) is 29.0. The Hall–Kier alpha value is -2.51. The standard InChI is InChI=1S/C34H46O5Si/c1-7-8-19-31-38-32(36)34(39-31)22-26(3)27(21-28(34)20-25(2)23-35)24-37-40(33(4,5)6,29-15-11-9-12-16-29)30-17-13-10-14-18-30/h9-18,20-21,26,28,31,35H,7-8,19,22-24H2,1-6H3/b25-20+/t26-,28-,31+,34+/m1/s1. The first kappa shape index (κ1) is 30.4. The van der Waals surface area contributed by atoms with Crippen molar-refractivity contribution in [2.24, 2.45) is 11.8 Å². The minimum atomic E-state index is -2.72. The third-order valence-corrected chi connectivity index (χ3v) is 13.5. The molecule has 2 aliphatic rings. The van der Waals surface area contributed by atoms with Crippen molar-refractivity contribution < 1.29 is 23.8 Å². The first-order chi connectivity index (χ1) is 19.1. The van der Waals surface area contributed by atoms with Crippen molar-refractivity contribution in [3.05, 3.63) is 84.0 Å². The highest BCUT2D eigenvalue weighted by atomic mass is 28.4. The van der Waals surface area contributed by atoms with Crippen molar-refractivity contribution in [1.29, 1.82) is 0 Å². The second-order valence-electron chi connectivity index (χ2n) is 12.5. The summed E-state index contributed by atoms with van der Waals surface area (Å²) in [4.78, 5) is 13.4. The van der Waals surface area contributed by atoms with Gasteiger partial charge < -0.3 is 19.0 Å². The molecule has 2 aromatic carbocycles. The summed E-state index contributed by atoms with van der Waals surface area (Å²) >= 11 is 0. The molecule has 0 radical (unpaired) electrons. The quantitative estimate of drug-likeness (QED) is 0.222. The predicted molar refractivity (Wildman–Crippen MR) is 163 cm³/mol. The normalized spacial score (nSPS) is 25.7. The van der Waals surface area contributed by atoms with Gasteiger partial charge in [-0.05, 0) is 46.7 Å². The van der Waals surface area contributed by atoms with E-state index in [9.17, 15) is 9.90 Å². The molecule has 1 saturated heterocycles. The third kappa shape index (κ3) is 5.91. The molecular formula is C34H46O5Si. The SMILES string of the molecule is CCCC[C@H]1OC(=O)[C@@]2(C[C@@H](C)C(CO[Si](c3ccccc3)(c3ccccc3)C(C)(C)C)=C[C@H]2/C=C(\C)CO)O1. The van der Waals surface area contributed by atoms with Crippen molar-refractivity contribution in [1.82, 2.24) is 0 Å². The minimum absolute atomic E-state index is 0.0646. The average Bonchev–Trinajstić information content (AvgIpc) is 3.25. The Labute approximate surface area is 241 Å². The van der Waals surface area contributed by atoms with Crippen LogP contribution in [0.2, 0.25) is 5.04 Å². The van der Waals surface area contributed by atoms with E-state index in [4.69, 9.17) is 13.9 Å². The van der Waals surface area contributed by atoms with Gasteiger partial charge in [-0.1, -0.05) is 119 Å². The van der Waals surface area contributed by atoms with Crippen LogP contribution in [-0.4, -0.2) is 44.5 Å². The van der Waals surface area contributed by atoms with Gasteiger partial charge in [0.05, 0.1) is 13.2 Å². The summed E-state index contributed by atoms with van der Waals surface area (Å²) in [6.45, 7) is 13.4. The predicted octanol–water partition coefficient (Wildman–Crippen LogP) is 5.91. The maximum Gasteiger partial charge on any atom is 0.341 e. The molecule has 2 aromatic rings. The van der Waals surface area contributed by atoms with Crippen LogP contribution in [0.4, 0.5) is 0 Å². The molecule has 0 saturated carbocycles. The molecule has 1 spiro atoms. The number of carbonyl (C=O) groups is 1. The van der Waals surface area contributed by atoms with Gasteiger partial charge in [-0.3, -0.25) is 0 Å². The van der Waals surface area contributed by atoms with Crippen molar-refractivity contribution in [2.75, 3.05) is 13.2 Å². The van der Waals surface area contributed by atoms with Crippen molar-refractivity contribution >= 4 is 24.7 Å². The Balaban J connectivity index is 1.74. The second kappa shape index (κ2) is 12.6. The fraction of sp³-hybridized carbons (Fsp3) is 0.500. The first-order valence-electron chi connectivity index (χ1n) is 14.7. The number of esters is 1. The Morgan fingerprint density at radius 1 is 1.10 bits per heavy atom. The topological polar surface area (TPSA) is 65.0 Å². The average molecular weight is 563 g/mol. The fourth-order valence-electron chi connectivity index (χ4n) is 6.30. The van der Waals surface area contributed by atoms with Crippen LogP contribution in [0.3, 0.4) is 0 Å². The molecule has 1 N–H and O–H groups in total. The zero-order valence-corrected chi connectivity index (χ0v) is 26.0. The van der Waals surface area contributed by atoms with Crippen LogP contribution >= 0.6 is 0 Å². The van der Waals surface area contributed by atoms with E-state index in [-0.39, 0.29) is 29.5 Å². The van der Waals surface area contributed by atoms with Gasteiger partial charge in [0.25, 0.3) is 8.32 Å². The number of cyclic esters (lactones) is 1. The van der Waals surface area contributed by atoms with E-state index in [2.05, 4.69) is 101 Å². The van der Waals surface area contributed by atoms with E-state index in [1.807, 2.05) is 13.0 Å². The lowest BCUT2D eigenvalue weighted by Gasteiger charge is -2.44. The molecule has 40 heavy (non-hydrogen) atoms. The van der Waals surface area contributed by atoms with E-state index < -0.39 is 20.2 Å². The van der Waals surface area contributed by atoms with Gasteiger partial charge in [-0.25, -0.2) is 4.79 Å². The van der Waals surface area contributed by atoms with Crippen molar-refractivity contribution in [3.63, 3.8) is 0 Å². The highest BCUT2D eigenvalue weighted by Crippen LogP contribution is 2.46. The lowest BCUT2D eigenvalue weighted by molar-refractivity contribution is -0.147. The van der Waals surface area contributed by atoms with Crippen LogP contribution in [-0.2, 0) is 18.7 Å². The van der Waals surface area contributed by atoms with Crippen molar-refractivity contribution in [3.8, 4) is 0 Å². The maximum atomic E-state index is 13.4. The van der Waals surface area contributed by atoms with Gasteiger partial charge >= 0.3 is 5.97 Å². The number of ether oxygens (including phenoxy) is 2. The molecule has 0 bridgehead atoms. The number of aliphatic hydroxyl groups excluding tert-OH is 1.